The molecule has 0 aliphatic carbocycles. The normalized spacial score (nSPS) is 8.42. The van der Waals surface area contributed by atoms with Crippen molar-refractivity contribution in [3.63, 3.8) is 0 Å². The molecule has 0 unspecified atom stereocenters. The molecule has 38 heavy (non-hydrogen) atoms. The minimum Gasteiger partial charge on any atom is -0.548 e. The third-order valence-corrected chi connectivity index (χ3v) is 1.79. The van der Waals surface area contributed by atoms with Gasteiger partial charge in [0.1, 0.15) is 33.0 Å². The van der Waals surface area contributed by atoms with Crippen LogP contribution in [-0.2, 0) is 57.3 Å². The van der Waals surface area contributed by atoms with Crippen LogP contribution in [0, 0.1) is 39.9 Å². The second-order valence-corrected chi connectivity index (χ2v) is 5.06. The van der Waals surface area contributed by atoms with Gasteiger partial charge >= 0.3 is 69.8 Å². The van der Waals surface area contributed by atoms with Gasteiger partial charge < -0.3 is 79.7 Å². The van der Waals surface area contributed by atoms with Gasteiger partial charge in [0.25, 0.3) is 0 Å². The Labute approximate surface area is 243 Å². The summed E-state index contributed by atoms with van der Waals surface area (Å²) < 4.78 is 16.4. The van der Waals surface area contributed by atoms with Gasteiger partial charge in [-0.1, -0.05) is 0 Å². The fourth-order valence-electron chi connectivity index (χ4n) is 0.891. The Bertz CT molecular complexity index is 544. The fourth-order valence-corrected chi connectivity index (χ4v) is 0.891. The zero-order valence-corrected chi connectivity index (χ0v) is 21.1. The Morgan fingerprint density at radius 3 is 0.632 bits per heavy atom. The molecule has 0 aliphatic heterocycles. The molecule has 0 aliphatic rings. The van der Waals surface area contributed by atoms with E-state index >= 15 is 0 Å². The third-order valence-electron chi connectivity index (χ3n) is 1.79. The average Bonchev–Trinajstić information content (AvgIpc) is 2.67. The van der Waals surface area contributed by atoms with Crippen LogP contribution in [0.25, 0.3) is 0 Å². The molecule has 0 aromatic heterocycles. The van der Waals surface area contributed by atoms with Crippen molar-refractivity contribution in [2.45, 2.75) is 0 Å². The largest absolute Gasteiger partial charge is 3.00 e. The van der Waals surface area contributed by atoms with Crippen molar-refractivity contribution in [1.82, 2.24) is 0 Å². The van der Waals surface area contributed by atoms with Crippen molar-refractivity contribution < 1.29 is 144 Å². The molecule has 0 bridgehead atoms. The maximum absolute atomic E-state index is 9.66. The molecule has 0 saturated heterocycles. The smallest absolute Gasteiger partial charge is 0.548 e. The number of carbonyl (C=O) groups excluding carboxylic acids is 3. The van der Waals surface area contributed by atoms with Gasteiger partial charge in [-0.15, -0.1) is 0 Å². The molecule has 0 heterocycles. The Hall–Kier alpha value is -3.12. The molecular formula is C16H23GdO21. The van der Waals surface area contributed by atoms with Crippen LogP contribution in [0.3, 0.4) is 0 Å². The number of hydrogen-bond acceptors (Lipinski definition) is 15. The number of aliphatic carboxylic acids is 8. The summed E-state index contributed by atoms with van der Waals surface area (Å²) in [5.41, 5.74) is 0. The van der Waals surface area contributed by atoms with E-state index < -0.39 is 101 Å². The summed E-state index contributed by atoms with van der Waals surface area (Å²) in [6.07, 6.45) is 0. The van der Waals surface area contributed by atoms with Crippen molar-refractivity contribution in [1.29, 1.82) is 0 Å². The Balaban J connectivity index is -0.0000000883. The first-order valence-corrected chi connectivity index (χ1v) is 8.50. The van der Waals surface area contributed by atoms with E-state index in [1.807, 2.05) is 0 Å². The number of rotatable bonds is 16. The van der Waals surface area contributed by atoms with Gasteiger partial charge in [0.15, 0.2) is 0 Å². The first-order valence-electron chi connectivity index (χ1n) is 8.50. The quantitative estimate of drug-likeness (QED) is 0.0993. The van der Waals surface area contributed by atoms with E-state index in [-0.39, 0.29) is 45.4 Å². The van der Waals surface area contributed by atoms with Crippen molar-refractivity contribution in [3.05, 3.63) is 0 Å². The van der Waals surface area contributed by atoms with E-state index in [4.69, 9.17) is 25.5 Å². The molecule has 0 amide bonds. The van der Waals surface area contributed by atoms with E-state index in [2.05, 4.69) is 18.9 Å². The molecule has 1 radical (unpaired) electrons. The minimum absolute atomic E-state index is 0. The number of carboxylic acids is 8. The first-order chi connectivity index (χ1) is 16.5. The summed E-state index contributed by atoms with van der Waals surface area (Å²) in [6, 6.07) is 0. The second-order valence-electron chi connectivity index (χ2n) is 5.06. The zero-order valence-electron chi connectivity index (χ0n) is 18.9. The van der Waals surface area contributed by atoms with Gasteiger partial charge in [0, 0.05) is 0 Å². The van der Waals surface area contributed by atoms with Crippen molar-refractivity contribution in [2.24, 2.45) is 0 Å². The summed E-state index contributed by atoms with van der Waals surface area (Å²) in [4.78, 5) is 76.9. The average molecular weight is 709 g/mol. The molecule has 22 heteroatoms. The molecule has 0 aromatic carbocycles. The van der Waals surface area contributed by atoms with Gasteiger partial charge in [-0.2, -0.15) is 0 Å². The zero-order chi connectivity index (χ0) is 29.1. The van der Waals surface area contributed by atoms with Crippen LogP contribution in [0.1, 0.15) is 0 Å². The fraction of sp³-hybridized carbons (Fsp3) is 0.500. The van der Waals surface area contributed by atoms with Gasteiger partial charge in [-0.25, -0.2) is 24.0 Å². The van der Waals surface area contributed by atoms with Crippen LogP contribution in [0.5, 0.6) is 0 Å². The number of hydrogen-bond donors (Lipinski definition) is 5. The van der Waals surface area contributed by atoms with Crippen LogP contribution in [0.2, 0.25) is 0 Å². The summed E-state index contributed by atoms with van der Waals surface area (Å²) in [6.45, 7) is -4.96. The minimum atomic E-state index is -1.42. The molecule has 0 aromatic rings. The molecule has 21 nitrogen and oxygen atoms in total. The van der Waals surface area contributed by atoms with Gasteiger partial charge in [-0.3, -0.25) is 0 Å². The summed E-state index contributed by atoms with van der Waals surface area (Å²) in [7, 11) is 0. The van der Waals surface area contributed by atoms with E-state index in [9.17, 15) is 53.7 Å². The van der Waals surface area contributed by atoms with Crippen LogP contribution >= 0.6 is 0 Å². The second kappa shape index (κ2) is 33.9. The number of carbonyl (C=O) groups is 8. The third kappa shape index (κ3) is 76.6. The van der Waals surface area contributed by atoms with E-state index in [1.54, 1.807) is 0 Å². The van der Waals surface area contributed by atoms with E-state index in [1.165, 1.54) is 0 Å². The van der Waals surface area contributed by atoms with Crippen LogP contribution < -0.4 is 15.3 Å². The summed E-state index contributed by atoms with van der Waals surface area (Å²) >= 11 is 0. The maximum atomic E-state index is 9.66. The molecule has 0 rings (SSSR count). The molecular weight excluding hydrogens is 685 g/mol. The summed E-state index contributed by atoms with van der Waals surface area (Å²) in [5, 5.41) is 68.1. The van der Waals surface area contributed by atoms with E-state index in [0.717, 1.165) is 0 Å². The SMILES string of the molecule is O.O=C(O)COCC(=O)O.O=C([O-])COCC(=O)O.O=C([O-])COCC(=O)O.O=C([O-])COCC(=O)O.[Gd+3]. The first kappa shape index (κ1) is 48.0. The number of ether oxygens (including phenoxy) is 4. The Morgan fingerprint density at radius 1 is 0.395 bits per heavy atom. The van der Waals surface area contributed by atoms with Crippen LogP contribution in [0.4, 0.5) is 0 Å². The van der Waals surface area contributed by atoms with E-state index in [0.29, 0.717) is 0 Å². The monoisotopic (exact) mass is 709 g/mol. The molecule has 7 N–H and O–H groups in total. The topological polar surface area (TPSA) is 375 Å². The summed E-state index contributed by atoms with van der Waals surface area (Å²) in [5.74, 6) is -10.2. The van der Waals surface area contributed by atoms with Crippen molar-refractivity contribution in [3.8, 4) is 0 Å². The number of carboxylic acid groups (broad SMARTS) is 8. The molecule has 0 saturated carbocycles. The standard InChI is InChI=1S/4C4H6O5.Gd.H2O/c4*5-3(6)1-9-2-4(7)8;;/h4*1-2H2,(H,5,6)(H,7,8);;1H2/q;;;;+3;/p-3. The van der Waals surface area contributed by atoms with Crippen molar-refractivity contribution >= 4 is 47.8 Å². The van der Waals surface area contributed by atoms with Gasteiger partial charge in [0.05, 0.1) is 37.7 Å². The van der Waals surface area contributed by atoms with Crippen LogP contribution in [0.15, 0.2) is 0 Å². The predicted molar refractivity (Wildman–Crippen MR) is 100 cm³/mol. The Morgan fingerprint density at radius 2 is 0.526 bits per heavy atom. The molecule has 0 atom stereocenters. The van der Waals surface area contributed by atoms with Gasteiger partial charge in [0.2, 0.25) is 0 Å². The molecule has 221 valence electrons. The Kier molecular flexibility index (Phi) is 42.8. The van der Waals surface area contributed by atoms with Gasteiger partial charge in [-0.05, 0) is 0 Å². The van der Waals surface area contributed by atoms with Crippen LogP contribution in [-0.4, -0.2) is 132 Å². The predicted octanol–water partition coefficient (Wildman–Crippen LogP) is -8.14. The maximum Gasteiger partial charge on any atom is 3.00 e. The molecule has 0 spiro atoms. The molecule has 0 fully saturated rings. The van der Waals surface area contributed by atoms with Crippen molar-refractivity contribution in [2.75, 3.05) is 52.9 Å².